The molecule has 2 rings (SSSR count). The first kappa shape index (κ1) is 10.4. The Labute approximate surface area is 97.4 Å². The molecule has 0 N–H and O–H groups in total. The quantitative estimate of drug-likeness (QED) is 0.771. The SMILES string of the molecule is Cc1cccc(-c2cc(CBr)on2)c1C. The minimum Gasteiger partial charge on any atom is -0.360 e. The lowest BCUT2D eigenvalue weighted by atomic mass is 10.0. The molecular weight excluding hydrogens is 254 g/mol. The van der Waals surface area contributed by atoms with E-state index in [1.165, 1.54) is 11.1 Å². The minimum absolute atomic E-state index is 0.699. The summed E-state index contributed by atoms with van der Waals surface area (Å²) in [5.41, 5.74) is 4.58. The highest BCUT2D eigenvalue weighted by Gasteiger charge is 2.08. The van der Waals surface area contributed by atoms with E-state index in [1.54, 1.807) is 0 Å². The second kappa shape index (κ2) is 4.19. The van der Waals surface area contributed by atoms with Gasteiger partial charge >= 0.3 is 0 Å². The van der Waals surface area contributed by atoms with Gasteiger partial charge in [-0.05, 0) is 25.0 Å². The third kappa shape index (κ3) is 1.97. The van der Waals surface area contributed by atoms with Gasteiger partial charge in [-0.2, -0.15) is 0 Å². The fourth-order valence-corrected chi connectivity index (χ4v) is 1.80. The summed E-state index contributed by atoms with van der Waals surface area (Å²) in [6.07, 6.45) is 0. The highest BCUT2D eigenvalue weighted by atomic mass is 79.9. The van der Waals surface area contributed by atoms with E-state index in [2.05, 4.69) is 47.1 Å². The van der Waals surface area contributed by atoms with Gasteiger partial charge in [-0.3, -0.25) is 0 Å². The maximum absolute atomic E-state index is 5.17. The highest BCUT2D eigenvalue weighted by Crippen LogP contribution is 2.25. The van der Waals surface area contributed by atoms with Crippen LogP contribution < -0.4 is 0 Å². The molecule has 0 radical (unpaired) electrons. The third-order valence-electron chi connectivity index (χ3n) is 2.57. The maximum atomic E-state index is 5.17. The zero-order valence-corrected chi connectivity index (χ0v) is 10.3. The number of rotatable bonds is 2. The van der Waals surface area contributed by atoms with Gasteiger partial charge in [0.1, 0.15) is 11.5 Å². The van der Waals surface area contributed by atoms with Crippen LogP contribution in [-0.4, -0.2) is 5.16 Å². The van der Waals surface area contributed by atoms with Crippen LogP contribution in [0.1, 0.15) is 16.9 Å². The molecule has 2 aromatic rings. The molecule has 15 heavy (non-hydrogen) atoms. The van der Waals surface area contributed by atoms with Gasteiger partial charge in [0.15, 0.2) is 0 Å². The van der Waals surface area contributed by atoms with Crippen molar-refractivity contribution < 1.29 is 4.52 Å². The van der Waals surface area contributed by atoms with E-state index < -0.39 is 0 Å². The Morgan fingerprint density at radius 1 is 1.33 bits per heavy atom. The molecule has 1 aromatic carbocycles. The van der Waals surface area contributed by atoms with E-state index in [0.717, 1.165) is 17.0 Å². The molecule has 0 fully saturated rings. The van der Waals surface area contributed by atoms with Gasteiger partial charge in [0.25, 0.3) is 0 Å². The number of benzene rings is 1. The molecule has 0 spiro atoms. The van der Waals surface area contributed by atoms with Crippen molar-refractivity contribution in [2.45, 2.75) is 19.2 Å². The highest BCUT2D eigenvalue weighted by molar-refractivity contribution is 9.08. The lowest BCUT2D eigenvalue weighted by Gasteiger charge is -2.04. The zero-order valence-electron chi connectivity index (χ0n) is 8.75. The molecule has 78 valence electrons. The number of alkyl halides is 1. The largest absolute Gasteiger partial charge is 0.360 e. The first-order valence-corrected chi connectivity index (χ1v) is 5.92. The van der Waals surface area contributed by atoms with Crippen molar-refractivity contribution >= 4 is 15.9 Å². The van der Waals surface area contributed by atoms with Crippen molar-refractivity contribution in [2.75, 3.05) is 0 Å². The second-order valence-electron chi connectivity index (χ2n) is 3.56. The normalized spacial score (nSPS) is 10.6. The fourth-order valence-electron chi connectivity index (χ4n) is 1.53. The van der Waals surface area contributed by atoms with Gasteiger partial charge in [0, 0.05) is 11.6 Å². The first-order chi connectivity index (χ1) is 7.22. The molecule has 0 aliphatic carbocycles. The molecule has 1 heterocycles. The maximum Gasteiger partial charge on any atom is 0.147 e. The number of nitrogens with zero attached hydrogens (tertiary/aromatic N) is 1. The monoisotopic (exact) mass is 265 g/mol. The lowest BCUT2D eigenvalue weighted by molar-refractivity contribution is 0.398. The molecule has 2 nitrogen and oxygen atoms in total. The Bertz CT molecular complexity index is 476. The van der Waals surface area contributed by atoms with Crippen LogP contribution in [0.2, 0.25) is 0 Å². The van der Waals surface area contributed by atoms with Crippen LogP contribution >= 0.6 is 15.9 Å². The molecule has 0 bridgehead atoms. The third-order valence-corrected chi connectivity index (χ3v) is 3.12. The average molecular weight is 266 g/mol. The zero-order chi connectivity index (χ0) is 10.8. The van der Waals surface area contributed by atoms with E-state index in [1.807, 2.05) is 12.1 Å². The van der Waals surface area contributed by atoms with Crippen molar-refractivity contribution in [1.29, 1.82) is 0 Å². The van der Waals surface area contributed by atoms with Crippen molar-refractivity contribution in [2.24, 2.45) is 0 Å². The van der Waals surface area contributed by atoms with Crippen molar-refractivity contribution in [3.8, 4) is 11.3 Å². The van der Waals surface area contributed by atoms with Gasteiger partial charge < -0.3 is 4.52 Å². The summed E-state index contributed by atoms with van der Waals surface area (Å²) >= 11 is 3.34. The molecule has 0 aliphatic heterocycles. The molecular formula is C12H12BrNO. The predicted octanol–water partition coefficient (Wildman–Crippen LogP) is 3.85. The Morgan fingerprint density at radius 2 is 2.13 bits per heavy atom. The van der Waals surface area contributed by atoms with Crippen LogP contribution in [0.4, 0.5) is 0 Å². The topological polar surface area (TPSA) is 26.0 Å². The smallest absolute Gasteiger partial charge is 0.147 e. The van der Waals surface area contributed by atoms with Crippen LogP contribution in [0.25, 0.3) is 11.3 Å². The molecule has 3 heteroatoms. The van der Waals surface area contributed by atoms with E-state index in [4.69, 9.17) is 4.52 Å². The standard InChI is InChI=1S/C12H12BrNO/c1-8-4-3-5-11(9(8)2)12-6-10(7-13)15-14-12/h3-6H,7H2,1-2H3. The molecule has 0 saturated carbocycles. The van der Waals surface area contributed by atoms with Crippen LogP contribution in [0.5, 0.6) is 0 Å². The number of halogens is 1. The molecule has 0 aliphatic rings. The van der Waals surface area contributed by atoms with Gasteiger partial charge in [-0.15, -0.1) is 0 Å². The number of aryl methyl sites for hydroxylation is 1. The molecule has 0 unspecified atom stereocenters. The molecule has 0 atom stereocenters. The summed E-state index contributed by atoms with van der Waals surface area (Å²) in [6, 6.07) is 8.18. The minimum atomic E-state index is 0.699. The summed E-state index contributed by atoms with van der Waals surface area (Å²) in [6.45, 7) is 4.21. The number of aromatic nitrogens is 1. The van der Waals surface area contributed by atoms with Crippen LogP contribution in [0, 0.1) is 13.8 Å². The molecule has 0 saturated heterocycles. The van der Waals surface area contributed by atoms with E-state index in [-0.39, 0.29) is 0 Å². The first-order valence-electron chi connectivity index (χ1n) is 4.80. The summed E-state index contributed by atoms with van der Waals surface area (Å²) in [5, 5.41) is 4.75. The number of hydrogen-bond donors (Lipinski definition) is 0. The molecule has 0 amide bonds. The summed E-state index contributed by atoms with van der Waals surface area (Å²) < 4.78 is 5.17. The fraction of sp³-hybridized carbons (Fsp3) is 0.250. The van der Waals surface area contributed by atoms with Crippen molar-refractivity contribution in [3.05, 3.63) is 41.2 Å². The van der Waals surface area contributed by atoms with Crippen LogP contribution in [-0.2, 0) is 5.33 Å². The van der Waals surface area contributed by atoms with E-state index in [9.17, 15) is 0 Å². The van der Waals surface area contributed by atoms with Crippen molar-refractivity contribution in [3.63, 3.8) is 0 Å². The number of hydrogen-bond acceptors (Lipinski definition) is 2. The predicted molar refractivity (Wildman–Crippen MR) is 64.0 cm³/mol. The second-order valence-corrected chi connectivity index (χ2v) is 4.12. The van der Waals surface area contributed by atoms with Crippen molar-refractivity contribution in [1.82, 2.24) is 5.16 Å². The summed E-state index contributed by atoms with van der Waals surface area (Å²) in [5.74, 6) is 0.853. The average Bonchev–Trinajstić information content (AvgIpc) is 2.70. The van der Waals surface area contributed by atoms with Gasteiger partial charge in [-0.1, -0.05) is 39.3 Å². The summed E-state index contributed by atoms with van der Waals surface area (Å²) in [7, 11) is 0. The van der Waals surface area contributed by atoms with Gasteiger partial charge in [-0.25, -0.2) is 0 Å². The Balaban J connectivity index is 2.49. The van der Waals surface area contributed by atoms with Gasteiger partial charge in [0.2, 0.25) is 0 Å². The van der Waals surface area contributed by atoms with E-state index >= 15 is 0 Å². The lowest BCUT2D eigenvalue weighted by Crippen LogP contribution is -1.86. The Hall–Kier alpha value is -1.09. The van der Waals surface area contributed by atoms with Gasteiger partial charge in [0.05, 0.1) is 5.33 Å². The van der Waals surface area contributed by atoms with Crippen LogP contribution in [0.3, 0.4) is 0 Å². The molecule has 1 aromatic heterocycles. The van der Waals surface area contributed by atoms with E-state index in [0.29, 0.717) is 5.33 Å². The Morgan fingerprint density at radius 3 is 2.80 bits per heavy atom. The Kier molecular flexibility index (Phi) is 2.91. The van der Waals surface area contributed by atoms with Crippen LogP contribution in [0.15, 0.2) is 28.8 Å². The summed E-state index contributed by atoms with van der Waals surface area (Å²) in [4.78, 5) is 0.